The van der Waals surface area contributed by atoms with Crippen LogP contribution in [0.1, 0.15) is 22.0 Å². The van der Waals surface area contributed by atoms with E-state index < -0.39 is 6.04 Å². The van der Waals surface area contributed by atoms with Crippen LogP contribution in [0.5, 0.6) is 5.75 Å². The number of carbonyl (C=O) groups excluding carboxylic acids is 2. The van der Waals surface area contributed by atoms with Crippen molar-refractivity contribution in [1.29, 1.82) is 0 Å². The van der Waals surface area contributed by atoms with Crippen molar-refractivity contribution in [2.45, 2.75) is 6.04 Å². The van der Waals surface area contributed by atoms with Gasteiger partial charge in [0.25, 0.3) is 0 Å². The minimum atomic E-state index is -0.605. The number of fused-ring (bicyclic) bond motifs is 1. The lowest BCUT2D eigenvalue weighted by Crippen LogP contribution is -2.37. The fourth-order valence-corrected chi connectivity index (χ4v) is 3.88. The van der Waals surface area contributed by atoms with Crippen molar-refractivity contribution in [2.75, 3.05) is 26.0 Å². The van der Waals surface area contributed by atoms with Crippen molar-refractivity contribution in [3.05, 3.63) is 96.2 Å². The Balaban J connectivity index is 1.59. The Kier molecular flexibility index (Phi) is 6.33. The first-order chi connectivity index (χ1) is 15.6. The number of rotatable bonds is 8. The number of carbonyl (C=O) groups is 2. The lowest BCUT2D eigenvalue weighted by Gasteiger charge is -2.27. The molecule has 2 N–H and O–H groups in total. The minimum Gasteiger partial charge on any atom is -0.497 e. The first-order valence-corrected chi connectivity index (χ1v) is 10.4. The van der Waals surface area contributed by atoms with E-state index in [1.54, 1.807) is 37.4 Å². The van der Waals surface area contributed by atoms with Crippen molar-refractivity contribution in [3.8, 4) is 5.75 Å². The van der Waals surface area contributed by atoms with Crippen LogP contribution >= 0.6 is 0 Å². The summed E-state index contributed by atoms with van der Waals surface area (Å²) in [6, 6.07) is 23.8. The van der Waals surface area contributed by atoms with Gasteiger partial charge in [0.05, 0.1) is 19.7 Å². The average Bonchev–Trinajstić information content (AvgIpc) is 3.24. The number of methoxy groups -OCH3 is 1. The Morgan fingerprint density at radius 1 is 1.00 bits per heavy atom. The molecule has 1 unspecified atom stereocenters. The van der Waals surface area contributed by atoms with E-state index in [1.165, 1.54) is 0 Å². The molecule has 4 aromatic rings. The van der Waals surface area contributed by atoms with Gasteiger partial charge in [0.1, 0.15) is 5.75 Å². The Morgan fingerprint density at radius 2 is 1.75 bits per heavy atom. The Bertz CT molecular complexity index is 1230. The van der Waals surface area contributed by atoms with Gasteiger partial charge in [-0.3, -0.25) is 14.5 Å². The van der Waals surface area contributed by atoms with Gasteiger partial charge in [-0.05, 0) is 30.8 Å². The maximum atomic E-state index is 13.7. The van der Waals surface area contributed by atoms with Crippen LogP contribution in [0.15, 0.2) is 85.1 Å². The Morgan fingerprint density at radius 3 is 2.53 bits per heavy atom. The molecule has 162 valence electrons. The Labute approximate surface area is 186 Å². The molecule has 6 nitrogen and oxygen atoms in total. The van der Waals surface area contributed by atoms with Gasteiger partial charge in [-0.15, -0.1) is 0 Å². The molecule has 4 rings (SSSR count). The van der Waals surface area contributed by atoms with Crippen LogP contribution in [-0.2, 0) is 4.79 Å². The van der Waals surface area contributed by atoms with E-state index in [1.807, 2.05) is 66.7 Å². The largest absolute Gasteiger partial charge is 0.497 e. The lowest BCUT2D eigenvalue weighted by molar-refractivity contribution is -0.117. The molecule has 3 aromatic carbocycles. The van der Waals surface area contributed by atoms with Crippen molar-refractivity contribution >= 4 is 28.3 Å². The number of benzene rings is 3. The van der Waals surface area contributed by atoms with Crippen LogP contribution in [0.4, 0.5) is 5.69 Å². The van der Waals surface area contributed by atoms with Crippen LogP contribution in [-0.4, -0.2) is 42.3 Å². The van der Waals surface area contributed by atoms with Gasteiger partial charge in [0, 0.05) is 34.4 Å². The summed E-state index contributed by atoms with van der Waals surface area (Å²) in [4.78, 5) is 31.4. The van der Waals surface area contributed by atoms with Crippen LogP contribution in [0, 0.1) is 0 Å². The molecule has 1 heterocycles. The summed E-state index contributed by atoms with van der Waals surface area (Å²) < 4.78 is 5.21. The molecule has 0 aliphatic rings. The molecule has 0 radical (unpaired) electrons. The van der Waals surface area contributed by atoms with Crippen molar-refractivity contribution < 1.29 is 14.3 Å². The summed E-state index contributed by atoms with van der Waals surface area (Å²) in [5.74, 6) is 0.381. The van der Waals surface area contributed by atoms with Gasteiger partial charge in [-0.25, -0.2) is 0 Å². The zero-order chi connectivity index (χ0) is 22.5. The number of para-hydroxylation sites is 1. The van der Waals surface area contributed by atoms with E-state index in [-0.39, 0.29) is 18.2 Å². The molecule has 1 aromatic heterocycles. The van der Waals surface area contributed by atoms with E-state index in [0.29, 0.717) is 17.0 Å². The normalized spacial score (nSPS) is 12.0. The van der Waals surface area contributed by atoms with Gasteiger partial charge in [0.15, 0.2) is 5.78 Å². The second-order valence-electron chi connectivity index (χ2n) is 7.62. The number of likely N-dealkylation sites (N-methyl/N-ethyl adjacent to an activating group) is 1. The maximum Gasteiger partial charge on any atom is 0.238 e. The van der Waals surface area contributed by atoms with E-state index in [4.69, 9.17) is 4.74 Å². The number of anilines is 1. The SMILES string of the molecule is COc1cccc(NC(=O)CN(C)C(C(=O)c2c[nH]c3ccccc23)c2ccccc2)c1. The predicted molar refractivity (Wildman–Crippen MR) is 126 cm³/mol. The number of ether oxygens (including phenoxy) is 1. The zero-order valence-corrected chi connectivity index (χ0v) is 18.0. The van der Waals surface area contributed by atoms with Crippen LogP contribution in [0.2, 0.25) is 0 Å². The monoisotopic (exact) mass is 427 g/mol. The number of aromatic nitrogens is 1. The molecular formula is C26H25N3O3. The topological polar surface area (TPSA) is 74.4 Å². The van der Waals surface area contributed by atoms with Crippen LogP contribution in [0.3, 0.4) is 0 Å². The first kappa shape index (κ1) is 21.3. The minimum absolute atomic E-state index is 0.0465. The number of amides is 1. The molecule has 32 heavy (non-hydrogen) atoms. The second kappa shape index (κ2) is 9.49. The highest BCUT2D eigenvalue weighted by Crippen LogP contribution is 2.28. The van der Waals surface area contributed by atoms with Crippen molar-refractivity contribution in [3.63, 3.8) is 0 Å². The third-order valence-corrected chi connectivity index (χ3v) is 5.41. The molecular weight excluding hydrogens is 402 g/mol. The maximum absolute atomic E-state index is 13.7. The predicted octanol–water partition coefficient (Wildman–Crippen LogP) is 4.67. The highest BCUT2D eigenvalue weighted by atomic mass is 16.5. The molecule has 0 spiro atoms. The molecule has 0 aliphatic heterocycles. The number of ketones is 1. The number of aromatic amines is 1. The number of nitrogens with zero attached hydrogens (tertiary/aromatic N) is 1. The molecule has 0 saturated carbocycles. The summed E-state index contributed by atoms with van der Waals surface area (Å²) in [6.07, 6.45) is 1.74. The molecule has 1 amide bonds. The van der Waals surface area contributed by atoms with Crippen LogP contribution < -0.4 is 10.1 Å². The summed E-state index contributed by atoms with van der Waals surface area (Å²) in [5, 5.41) is 3.75. The van der Waals surface area contributed by atoms with Crippen molar-refractivity contribution in [2.24, 2.45) is 0 Å². The third kappa shape index (κ3) is 4.55. The number of Topliss-reactive ketones (excluding diaryl/α,β-unsaturated/α-hetero) is 1. The second-order valence-corrected chi connectivity index (χ2v) is 7.62. The Hall–Kier alpha value is -3.90. The van der Waals surface area contributed by atoms with E-state index in [2.05, 4.69) is 10.3 Å². The van der Waals surface area contributed by atoms with Crippen molar-refractivity contribution in [1.82, 2.24) is 9.88 Å². The number of nitrogens with one attached hydrogen (secondary N) is 2. The van der Waals surface area contributed by atoms with Gasteiger partial charge in [-0.1, -0.05) is 54.6 Å². The van der Waals surface area contributed by atoms with E-state index >= 15 is 0 Å². The fraction of sp³-hybridized carbons (Fsp3) is 0.154. The lowest BCUT2D eigenvalue weighted by atomic mass is 9.96. The summed E-state index contributed by atoms with van der Waals surface area (Å²) in [5.41, 5.74) is 2.98. The highest BCUT2D eigenvalue weighted by Gasteiger charge is 2.29. The number of H-pyrrole nitrogens is 1. The fourth-order valence-electron chi connectivity index (χ4n) is 3.88. The number of hydrogen-bond acceptors (Lipinski definition) is 4. The smallest absolute Gasteiger partial charge is 0.238 e. The van der Waals surface area contributed by atoms with E-state index in [0.717, 1.165) is 16.5 Å². The van der Waals surface area contributed by atoms with Crippen LogP contribution in [0.25, 0.3) is 10.9 Å². The molecule has 0 saturated heterocycles. The first-order valence-electron chi connectivity index (χ1n) is 10.4. The van der Waals surface area contributed by atoms with Gasteiger partial charge in [0.2, 0.25) is 5.91 Å². The number of hydrogen-bond donors (Lipinski definition) is 2. The molecule has 0 aliphatic carbocycles. The summed E-state index contributed by atoms with van der Waals surface area (Å²) in [7, 11) is 3.37. The standard InChI is InChI=1S/C26H25N3O3/c1-29(17-24(30)28-19-11-8-12-20(15-19)32-2)25(18-9-4-3-5-10-18)26(31)22-16-27-23-14-7-6-13-21(22)23/h3-16,25,27H,17H2,1-2H3,(H,28,30). The summed E-state index contributed by atoms with van der Waals surface area (Å²) in [6.45, 7) is 0.0465. The summed E-state index contributed by atoms with van der Waals surface area (Å²) >= 11 is 0. The quantitative estimate of drug-likeness (QED) is 0.401. The van der Waals surface area contributed by atoms with Gasteiger partial charge in [-0.2, -0.15) is 0 Å². The molecule has 1 atom stereocenters. The van der Waals surface area contributed by atoms with E-state index in [9.17, 15) is 9.59 Å². The highest BCUT2D eigenvalue weighted by molar-refractivity contribution is 6.10. The molecule has 0 bridgehead atoms. The van der Waals surface area contributed by atoms with Gasteiger partial charge >= 0.3 is 0 Å². The third-order valence-electron chi connectivity index (χ3n) is 5.41. The van der Waals surface area contributed by atoms with Gasteiger partial charge < -0.3 is 15.0 Å². The zero-order valence-electron chi connectivity index (χ0n) is 18.0. The molecule has 6 heteroatoms. The average molecular weight is 428 g/mol. The molecule has 0 fully saturated rings.